The molecule has 1 aromatic rings. The lowest BCUT2D eigenvalue weighted by Gasteiger charge is -2.28. The third-order valence-corrected chi connectivity index (χ3v) is 5.15. The van der Waals surface area contributed by atoms with Gasteiger partial charge in [0, 0.05) is 11.5 Å². The van der Waals surface area contributed by atoms with Gasteiger partial charge in [-0.3, -0.25) is 0 Å². The minimum Gasteiger partial charge on any atom is -0.379 e. The highest BCUT2D eigenvalue weighted by Crippen LogP contribution is 2.42. The predicted octanol–water partition coefficient (Wildman–Crippen LogP) is 4.00. The number of nitrogens with one attached hydrogen (secondary N) is 1. The summed E-state index contributed by atoms with van der Waals surface area (Å²) in [6.07, 6.45) is 5.40. The minimum atomic E-state index is -1.13. The first-order chi connectivity index (χ1) is 7.84. The van der Waals surface area contributed by atoms with Crippen LogP contribution in [-0.4, -0.2) is 25.4 Å². The second kappa shape index (κ2) is 5.60. The van der Waals surface area contributed by atoms with Crippen LogP contribution in [0.3, 0.4) is 0 Å². The summed E-state index contributed by atoms with van der Waals surface area (Å²) in [6.45, 7) is 11.8. The molecule has 1 rings (SSSR count). The molecule has 0 aromatic heterocycles. The van der Waals surface area contributed by atoms with Gasteiger partial charge in [-0.05, 0) is 32.2 Å². The third kappa shape index (κ3) is 4.09. The molecule has 0 heterocycles. The Morgan fingerprint density at radius 3 is 2.24 bits per heavy atom. The van der Waals surface area contributed by atoms with Crippen LogP contribution in [-0.2, 0) is 0 Å². The van der Waals surface area contributed by atoms with Gasteiger partial charge < -0.3 is 5.32 Å². The van der Waals surface area contributed by atoms with E-state index < -0.39 is 6.89 Å². The molecule has 1 N–H and O–H groups in total. The van der Waals surface area contributed by atoms with Crippen LogP contribution in [0, 0.1) is 6.92 Å². The molecule has 0 spiro atoms. The lowest BCUT2D eigenvalue weighted by atomic mass is 10.1. The maximum atomic E-state index is 4.31. The molecule has 0 amide bonds. The predicted molar refractivity (Wildman–Crippen MR) is 83.3 cm³/mol. The van der Waals surface area contributed by atoms with Gasteiger partial charge in [-0.15, -0.1) is 0 Å². The van der Waals surface area contributed by atoms with Crippen LogP contribution < -0.4 is 5.32 Å². The molecule has 0 aliphatic carbocycles. The molecule has 0 bridgehead atoms. The number of hydrogen-bond donors (Lipinski definition) is 1. The molecule has 2 heteroatoms. The van der Waals surface area contributed by atoms with Gasteiger partial charge in [0.1, 0.15) is 0 Å². The van der Waals surface area contributed by atoms with Crippen molar-refractivity contribution in [3.8, 4) is 0 Å². The molecule has 94 valence electrons. The van der Waals surface area contributed by atoms with Gasteiger partial charge >= 0.3 is 0 Å². The largest absolute Gasteiger partial charge is 0.379 e. The van der Waals surface area contributed by atoms with Gasteiger partial charge in [-0.2, -0.15) is 0 Å². The highest BCUT2D eigenvalue weighted by Gasteiger charge is 2.15. The molecular weight excluding hydrogens is 225 g/mol. The van der Waals surface area contributed by atoms with Crippen LogP contribution in [0.15, 0.2) is 30.8 Å². The minimum absolute atomic E-state index is 0.455. The van der Waals surface area contributed by atoms with Crippen molar-refractivity contribution in [2.45, 2.75) is 26.1 Å². The van der Waals surface area contributed by atoms with Gasteiger partial charge in [0.25, 0.3) is 0 Å². The molecule has 0 saturated heterocycles. The summed E-state index contributed by atoms with van der Waals surface area (Å²) < 4.78 is 0. The Hall–Kier alpha value is -0.940. The average Bonchev–Trinajstić information content (AvgIpc) is 2.24. The summed E-state index contributed by atoms with van der Waals surface area (Å²) >= 11 is 0. The quantitative estimate of drug-likeness (QED) is 0.778. The van der Waals surface area contributed by atoms with Gasteiger partial charge in [0.2, 0.25) is 0 Å². The zero-order chi connectivity index (χ0) is 13.1. The number of hydrogen-bond acceptors (Lipinski definition) is 1. The molecule has 0 saturated carbocycles. The van der Waals surface area contributed by atoms with Crippen molar-refractivity contribution in [1.82, 2.24) is 5.32 Å². The maximum Gasteiger partial charge on any atom is 0.0444 e. The normalized spacial score (nSPS) is 13.2. The van der Waals surface area contributed by atoms with E-state index in [1.807, 2.05) is 0 Å². The van der Waals surface area contributed by atoms with E-state index in [0.29, 0.717) is 5.78 Å². The zero-order valence-corrected chi connectivity index (χ0v) is 12.3. The van der Waals surface area contributed by atoms with Crippen LogP contribution in [0.2, 0.25) is 0 Å². The van der Waals surface area contributed by atoms with Crippen LogP contribution in [0.5, 0.6) is 0 Å². The second-order valence-electron chi connectivity index (χ2n) is 5.19. The molecule has 0 radical (unpaired) electrons. The molecule has 17 heavy (non-hydrogen) atoms. The van der Waals surface area contributed by atoms with Crippen molar-refractivity contribution in [1.29, 1.82) is 0 Å². The molecule has 1 nitrogen and oxygen atoms in total. The summed E-state index contributed by atoms with van der Waals surface area (Å²) in [5.74, 6) is 0.455. The van der Waals surface area contributed by atoms with Gasteiger partial charge in [0.15, 0.2) is 0 Å². The summed E-state index contributed by atoms with van der Waals surface area (Å²) in [5.41, 5.74) is 3.45. The van der Waals surface area contributed by atoms with Gasteiger partial charge in [0.05, 0.1) is 0 Å². The number of benzene rings is 1. The highest BCUT2D eigenvalue weighted by atomic mass is 31.2. The Morgan fingerprint density at radius 1 is 1.29 bits per heavy atom. The van der Waals surface area contributed by atoms with Crippen molar-refractivity contribution in [2.75, 3.05) is 13.3 Å². The van der Waals surface area contributed by atoms with Crippen molar-refractivity contribution in [2.24, 2.45) is 0 Å². The third-order valence-electron chi connectivity index (χ3n) is 2.97. The monoisotopic (exact) mass is 249 g/mol. The molecule has 1 unspecified atom stereocenters. The second-order valence-corrected chi connectivity index (χ2v) is 9.37. The van der Waals surface area contributed by atoms with Crippen LogP contribution in [0.1, 0.15) is 24.5 Å². The van der Waals surface area contributed by atoms with Crippen molar-refractivity contribution in [3.63, 3.8) is 0 Å². The molecular formula is C15H24NP. The summed E-state index contributed by atoms with van der Waals surface area (Å²) in [4.78, 5) is 0. The van der Waals surface area contributed by atoms with E-state index in [2.05, 4.69) is 69.6 Å². The first-order valence-electron chi connectivity index (χ1n) is 6.05. The average molecular weight is 249 g/mol. The van der Waals surface area contributed by atoms with E-state index in [1.54, 1.807) is 0 Å². The Kier molecular flexibility index (Phi) is 4.65. The van der Waals surface area contributed by atoms with E-state index in [1.165, 1.54) is 11.1 Å². The lowest BCUT2D eigenvalue weighted by Crippen LogP contribution is -2.26. The van der Waals surface area contributed by atoms with E-state index >= 15 is 0 Å². The SMILES string of the molecule is C=C(NC(CC)P(=C)(C)C)c1ccc(C)cc1. The topological polar surface area (TPSA) is 12.0 Å². The molecule has 1 atom stereocenters. The highest BCUT2D eigenvalue weighted by molar-refractivity contribution is 7.72. The van der Waals surface area contributed by atoms with Gasteiger partial charge in [-0.25, -0.2) is 0 Å². The summed E-state index contributed by atoms with van der Waals surface area (Å²) in [7, 11) is 0. The fourth-order valence-electron chi connectivity index (χ4n) is 1.81. The Morgan fingerprint density at radius 2 is 1.82 bits per heavy atom. The summed E-state index contributed by atoms with van der Waals surface area (Å²) in [6, 6.07) is 8.47. The first kappa shape index (κ1) is 14.1. The smallest absolute Gasteiger partial charge is 0.0444 e. The van der Waals surface area contributed by atoms with Crippen LogP contribution in [0.25, 0.3) is 5.70 Å². The van der Waals surface area contributed by atoms with E-state index in [-0.39, 0.29) is 0 Å². The molecule has 0 fully saturated rings. The van der Waals surface area contributed by atoms with E-state index in [0.717, 1.165) is 12.1 Å². The number of rotatable bonds is 5. The van der Waals surface area contributed by atoms with Crippen molar-refractivity contribution in [3.05, 3.63) is 42.0 Å². The Labute approximate surface area is 106 Å². The van der Waals surface area contributed by atoms with E-state index in [9.17, 15) is 0 Å². The van der Waals surface area contributed by atoms with E-state index in [4.69, 9.17) is 0 Å². The Bertz CT molecular complexity index is 425. The standard InChI is InChI=1S/C15H24NP/c1-7-15(17(4,5)6)16-13(3)14-10-8-12(2)9-11-14/h8-11,15-16H,3-4,7H2,1-2,5-6H3. The fourth-order valence-corrected chi connectivity index (χ4v) is 3.30. The van der Waals surface area contributed by atoms with Crippen molar-refractivity contribution < 1.29 is 0 Å². The Balaban J connectivity index is 2.78. The van der Waals surface area contributed by atoms with Crippen molar-refractivity contribution >= 4 is 18.9 Å². The number of aryl methyl sites for hydroxylation is 1. The summed E-state index contributed by atoms with van der Waals surface area (Å²) in [5, 5.41) is 3.53. The van der Waals surface area contributed by atoms with Crippen LogP contribution in [0.4, 0.5) is 0 Å². The van der Waals surface area contributed by atoms with Crippen LogP contribution >= 0.6 is 6.89 Å². The zero-order valence-electron chi connectivity index (χ0n) is 11.5. The lowest BCUT2D eigenvalue weighted by molar-refractivity contribution is 0.755. The van der Waals surface area contributed by atoms with Gasteiger partial charge in [-0.1, -0.05) is 56.5 Å². The maximum absolute atomic E-state index is 4.31. The molecule has 1 aromatic carbocycles. The molecule has 0 aliphatic rings. The fraction of sp³-hybridized carbons (Fsp3) is 0.400. The molecule has 0 aliphatic heterocycles. The first-order valence-corrected chi connectivity index (χ1v) is 8.99.